The largest absolute Gasteiger partial charge is 0.469 e. The Labute approximate surface area is 105 Å². The van der Waals surface area contributed by atoms with E-state index in [9.17, 15) is 0 Å². The number of hydrogen-bond donors (Lipinski definition) is 1. The number of furan rings is 1. The maximum atomic E-state index is 5.45. The predicted octanol–water partition coefficient (Wildman–Crippen LogP) is 1.77. The monoisotopic (exact) mass is 248 g/mol. The van der Waals surface area contributed by atoms with Crippen LogP contribution in [0.2, 0.25) is 0 Å². The van der Waals surface area contributed by atoms with Crippen LogP contribution in [0.5, 0.6) is 0 Å². The molecule has 0 amide bonds. The van der Waals surface area contributed by atoms with E-state index in [4.69, 9.17) is 13.7 Å². The molecule has 0 aliphatic heterocycles. The molecule has 0 saturated heterocycles. The lowest BCUT2D eigenvalue weighted by Crippen LogP contribution is -2.19. The Bertz CT molecular complexity index is 530. The molecule has 2 heterocycles. The summed E-state index contributed by atoms with van der Waals surface area (Å²) in [5.74, 6) is 1.87. The van der Waals surface area contributed by atoms with Gasteiger partial charge >= 0.3 is 0 Å². The molecule has 2 aromatic heterocycles. The number of aromatic nitrogens is 1. The highest BCUT2D eigenvalue weighted by Crippen LogP contribution is 2.35. The second-order valence-electron chi connectivity index (χ2n) is 4.36. The quantitative estimate of drug-likeness (QED) is 0.817. The van der Waals surface area contributed by atoms with Gasteiger partial charge < -0.3 is 19.0 Å². The summed E-state index contributed by atoms with van der Waals surface area (Å²) in [6.45, 7) is 2.23. The molecule has 0 radical (unpaired) electrons. The van der Waals surface area contributed by atoms with E-state index in [0.717, 1.165) is 48.7 Å². The average Bonchev–Trinajstić information content (AvgIpc) is 3.00. The summed E-state index contributed by atoms with van der Waals surface area (Å²) in [5, 5.41) is 7.44. The van der Waals surface area contributed by atoms with Crippen molar-refractivity contribution in [2.24, 2.45) is 0 Å². The highest BCUT2D eigenvalue weighted by molar-refractivity contribution is 5.66. The van der Waals surface area contributed by atoms with Gasteiger partial charge in [0.05, 0.1) is 18.4 Å². The number of ether oxygens (including phenoxy) is 1. The molecule has 2 aromatic rings. The minimum atomic E-state index is 0.700. The van der Waals surface area contributed by atoms with E-state index < -0.39 is 0 Å². The summed E-state index contributed by atoms with van der Waals surface area (Å²) in [6, 6.07) is 1.95. The Hall–Kier alpha value is -1.59. The molecule has 5 heteroatoms. The summed E-state index contributed by atoms with van der Waals surface area (Å²) < 4.78 is 15.9. The van der Waals surface area contributed by atoms with Crippen molar-refractivity contribution in [3.05, 3.63) is 29.3 Å². The van der Waals surface area contributed by atoms with Crippen LogP contribution in [0.15, 0.2) is 21.3 Å². The first-order chi connectivity index (χ1) is 8.90. The van der Waals surface area contributed by atoms with E-state index in [1.165, 1.54) is 5.56 Å². The van der Waals surface area contributed by atoms with E-state index in [1.54, 1.807) is 13.4 Å². The van der Waals surface area contributed by atoms with Crippen molar-refractivity contribution < 1.29 is 13.7 Å². The Morgan fingerprint density at radius 3 is 3.28 bits per heavy atom. The number of nitrogens with one attached hydrogen (secondary N) is 1. The van der Waals surface area contributed by atoms with E-state index >= 15 is 0 Å². The summed E-state index contributed by atoms with van der Waals surface area (Å²) in [6.07, 6.45) is 3.56. The molecule has 3 rings (SSSR count). The van der Waals surface area contributed by atoms with Crippen LogP contribution >= 0.6 is 0 Å². The number of hydrogen-bond acceptors (Lipinski definition) is 5. The average molecular weight is 248 g/mol. The summed E-state index contributed by atoms with van der Waals surface area (Å²) >= 11 is 0. The van der Waals surface area contributed by atoms with Crippen molar-refractivity contribution in [3.8, 4) is 11.3 Å². The first-order valence-corrected chi connectivity index (χ1v) is 6.14. The van der Waals surface area contributed by atoms with Crippen molar-refractivity contribution in [1.82, 2.24) is 10.5 Å². The normalized spacial score (nSPS) is 13.4. The molecular weight excluding hydrogens is 232 g/mol. The molecule has 5 nitrogen and oxygen atoms in total. The second kappa shape index (κ2) is 4.96. The van der Waals surface area contributed by atoms with Gasteiger partial charge in [0.2, 0.25) is 0 Å². The number of methoxy groups -OCH3 is 1. The zero-order chi connectivity index (χ0) is 12.4. The van der Waals surface area contributed by atoms with E-state index in [1.807, 2.05) is 6.07 Å². The molecule has 96 valence electrons. The number of nitrogens with zero attached hydrogens (tertiary/aromatic N) is 1. The van der Waals surface area contributed by atoms with Crippen molar-refractivity contribution in [2.75, 3.05) is 20.3 Å². The minimum absolute atomic E-state index is 0.700. The zero-order valence-electron chi connectivity index (χ0n) is 10.4. The number of aryl methyl sites for hydroxylation is 1. The zero-order valence-corrected chi connectivity index (χ0v) is 10.4. The first-order valence-electron chi connectivity index (χ1n) is 6.14. The summed E-state index contributed by atoms with van der Waals surface area (Å²) in [4.78, 5) is 0. The standard InChI is InChI=1S/C13H16N2O3/c1-16-7-5-14-8-11-9-2-3-12-10(4-6-17-12)13(9)18-15-11/h4,6,14H,2-3,5,7-8H2,1H3. The predicted molar refractivity (Wildman–Crippen MR) is 65.2 cm³/mol. The van der Waals surface area contributed by atoms with Crippen molar-refractivity contribution >= 4 is 0 Å². The van der Waals surface area contributed by atoms with Gasteiger partial charge in [-0.15, -0.1) is 0 Å². The summed E-state index contributed by atoms with van der Waals surface area (Å²) in [7, 11) is 1.69. The Morgan fingerprint density at radius 1 is 1.44 bits per heavy atom. The van der Waals surface area contributed by atoms with Crippen LogP contribution in [0.1, 0.15) is 17.0 Å². The molecule has 1 N–H and O–H groups in total. The van der Waals surface area contributed by atoms with E-state index in [2.05, 4.69) is 10.5 Å². The van der Waals surface area contributed by atoms with Crippen LogP contribution in [0, 0.1) is 0 Å². The van der Waals surface area contributed by atoms with Crippen LogP contribution < -0.4 is 5.32 Å². The van der Waals surface area contributed by atoms with E-state index in [-0.39, 0.29) is 0 Å². The molecule has 0 bridgehead atoms. The highest BCUT2D eigenvalue weighted by atomic mass is 16.5. The first kappa shape index (κ1) is 11.5. The molecule has 0 unspecified atom stereocenters. The maximum Gasteiger partial charge on any atom is 0.173 e. The third-order valence-electron chi connectivity index (χ3n) is 3.24. The fourth-order valence-electron chi connectivity index (χ4n) is 2.31. The molecule has 18 heavy (non-hydrogen) atoms. The van der Waals surface area contributed by atoms with Crippen LogP contribution in [-0.4, -0.2) is 25.4 Å². The van der Waals surface area contributed by atoms with Crippen LogP contribution in [0.3, 0.4) is 0 Å². The van der Waals surface area contributed by atoms with Gasteiger partial charge in [-0.3, -0.25) is 0 Å². The van der Waals surface area contributed by atoms with Crippen molar-refractivity contribution in [3.63, 3.8) is 0 Å². The lowest BCUT2D eigenvalue weighted by atomic mass is 9.95. The van der Waals surface area contributed by atoms with E-state index in [0.29, 0.717) is 6.61 Å². The van der Waals surface area contributed by atoms with Gasteiger partial charge in [0, 0.05) is 32.2 Å². The maximum absolute atomic E-state index is 5.45. The third-order valence-corrected chi connectivity index (χ3v) is 3.24. The van der Waals surface area contributed by atoms with Gasteiger partial charge in [-0.25, -0.2) is 0 Å². The third kappa shape index (κ3) is 1.95. The fraction of sp³-hybridized carbons (Fsp3) is 0.462. The van der Waals surface area contributed by atoms with Gasteiger partial charge in [-0.05, 0) is 12.5 Å². The van der Waals surface area contributed by atoms with Crippen molar-refractivity contribution in [1.29, 1.82) is 0 Å². The Kier molecular flexibility index (Phi) is 3.17. The van der Waals surface area contributed by atoms with Gasteiger partial charge in [-0.2, -0.15) is 0 Å². The molecule has 0 aromatic carbocycles. The Morgan fingerprint density at radius 2 is 2.39 bits per heavy atom. The lowest BCUT2D eigenvalue weighted by molar-refractivity contribution is 0.199. The van der Waals surface area contributed by atoms with Gasteiger partial charge in [0.15, 0.2) is 5.76 Å². The molecule has 0 atom stereocenters. The smallest absolute Gasteiger partial charge is 0.173 e. The van der Waals surface area contributed by atoms with Crippen molar-refractivity contribution in [2.45, 2.75) is 19.4 Å². The number of fused-ring (bicyclic) bond motifs is 3. The van der Waals surface area contributed by atoms with Crippen LogP contribution in [0.25, 0.3) is 11.3 Å². The Balaban J connectivity index is 1.76. The minimum Gasteiger partial charge on any atom is -0.469 e. The topological polar surface area (TPSA) is 60.4 Å². The van der Waals surface area contributed by atoms with Gasteiger partial charge in [-0.1, -0.05) is 5.16 Å². The second-order valence-corrected chi connectivity index (χ2v) is 4.36. The highest BCUT2D eigenvalue weighted by Gasteiger charge is 2.25. The molecule has 0 spiro atoms. The molecule has 0 saturated carbocycles. The molecule has 1 aliphatic carbocycles. The van der Waals surface area contributed by atoms with Crippen LogP contribution in [-0.2, 0) is 24.1 Å². The SMILES string of the molecule is COCCNCc1noc2c1CCc1occc1-2. The lowest BCUT2D eigenvalue weighted by Gasteiger charge is -2.09. The molecule has 1 aliphatic rings. The fourth-order valence-corrected chi connectivity index (χ4v) is 2.31. The summed E-state index contributed by atoms with van der Waals surface area (Å²) in [5.41, 5.74) is 3.24. The number of rotatable bonds is 5. The van der Waals surface area contributed by atoms with Crippen LogP contribution in [0.4, 0.5) is 0 Å². The van der Waals surface area contributed by atoms with Gasteiger partial charge in [0.1, 0.15) is 11.5 Å². The van der Waals surface area contributed by atoms with Gasteiger partial charge in [0.25, 0.3) is 0 Å². The molecular formula is C13H16N2O3. The molecule has 0 fully saturated rings.